The molecule has 18 heavy (non-hydrogen) atoms. The van der Waals surface area contributed by atoms with Gasteiger partial charge < -0.3 is 0 Å². The Kier molecular flexibility index (Phi) is 2.57. The van der Waals surface area contributed by atoms with E-state index in [2.05, 4.69) is 5.32 Å². The van der Waals surface area contributed by atoms with Crippen LogP contribution in [0.2, 0.25) is 0 Å². The monoisotopic (exact) mass is 255 g/mol. The molecular weight excluding hydrogens is 246 g/mol. The van der Waals surface area contributed by atoms with Gasteiger partial charge in [-0.2, -0.15) is 11.3 Å². The third-order valence-electron chi connectivity index (χ3n) is 2.79. The number of carbonyl (C=O) groups excluding carboxylic acids is 2. The Bertz CT molecular complexity index is 656. The van der Waals surface area contributed by atoms with Gasteiger partial charge in [-0.15, -0.1) is 0 Å². The molecule has 0 atom stereocenters. The van der Waals surface area contributed by atoms with E-state index in [0.717, 1.165) is 5.56 Å². The highest BCUT2D eigenvalue weighted by Crippen LogP contribution is 2.26. The minimum atomic E-state index is -0.343. The first kappa shape index (κ1) is 10.9. The maximum Gasteiger partial charge on any atom is 0.258 e. The van der Waals surface area contributed by atoms with Crippen molar-refractivity contribution in [2.45, 2.75) is 0 Å². The molecule has 0 fully saturated rings. The summed E-state index contributed by atoms with van der Waals surface area (Å²) in [4.78, 5) is 23.6. The number of thiophene rings is 1. The average Bonchev–Trinajstić information content (AvgIpc) is 2.87. The Hall–Kier alpha value is -2.20. The van der Waals surface area contributed by atoms with Crippen molar-refractivity contribution < 1.29 is 9.59 Å². The van der Waals surface area contributed by atoms with Gasteiger partial charge in [-0.05, 0) is 40.1 Å². The number of fused-ring (bicyclic) bond motifs is 1. The molecule has 0 spiro atoms. The van der Waals surface area contributed by atoms with Crippen LogP contribution in [0.4, 0.5) is 0 Å². The van der Waals surface area contributed by atoms with Crippen LogP contribution in [0.1, 0.15) is 21.5 Å². The molecule has 3 rings (SSSR count). The number of carbonyl (C=O) groups is 2. The van der Waals surface area contributed by atoms with Gasteiger partial charge in [0.1, 0.15) is 0 Å². The zero-order valence-electron chi connectivity index (χ0n) is 9.34. The van der Waals surface area contributed by atoms with Gasteiger partial charge in [0.25, 0.3) is 11.8 Å². The summed E-state index contributed by atoms with van der Waals surface area (Å²) in [5, 5.41) is 6.26. The molecule has 2 amide bonds. The third kappa shape index (κ3) is 1.76. The first-order chi connectivity index (χ1) is 8.75. The number of nitrogens with one attached hydrogen (secondary N) is 1. The van der Waals surface area contributed by atoms with Crippen LogP contribution >= 0.6 is 11.3 Å². The SMILES string of the molecule is O=C1NC(=O)c2ccccc2/C1=C\c1ccsc1. The Morgan fingerprint density at radius 1 is 1.00 bits per heavy atom. The van der Waals surface area contributed by atoms with E-state index in [-0.39, 0.29) is 11.8 Å². The maximum atomic E-state index is 11.9. The highest BCUT2D eigenvalue weighted by atomic mass is 32.1. The van der Waals surface area contributed by atoms with Crippen LogP contribution in [0, 0.1) is 0 Å². The van der Waals surface area contributed by atoms with Gasteiger partial charge in [0.05, 0.1) is 0 Å². The molecule has 1 aliphatic rings. The number of imide groups is 1. The van der Waals surface area contributed by atoms with Crippen LogP contribution < -0.4 is 5.32 Å². The summed E-state index contributed by atoms with van der Waals surface area (Å²) in [7, 11) is 0. The molecule has 0 aliphatic carbocycles. The van der Waals surface area contributed by atoms with Crippen molar-refractivity contribution >= 4 is 34.8 Å². The molecule has 4 heteroatoms. The van der Waals surface area contributed by atoms with Crippen molar-refractivity contribution in [2.75, 3.05) is 0 Å². The Labute approximate surface area is 108 Å². The summed E-state index contributed by atoms with van der Waals surface area (Å²) < 4.78 is 0. The van der Waals surface area contributed by atoms with E-state index in [1.54, 1.807) is 35.6 Å². The Morgan fingerprint density at radius 2 is 1.78 bits per heavy atom. The van der Waals surface area contributed by atoms with E-state index in [1.807, 2.05) is 22.9 Å². The van der Waals surface area contributed by atoms with Crippen LogP contribution in [0.3, 0.4) is 0 Å². The molecule has 88 valence electrons. The lowest BCUT2D eigenvalue weighted by molar-refractivity contribution is -0.114. The van der Waals surface area contributed by atoms with Crippen LogP contribution in [-0.4, -0.2) is 11.8 Å². The number of hydrogen-bond donors (Lipinski definition) is 1. The average molecular weight is 255 g/mol. The summed E-state index contributed by atoms with van der Waals surface area (Å²) in [6.45, 7) is 0. The molecule has 2 heterocycles. The molecule has 3 nitrogen and oxygen atoms in total. The topological polar surface area (TPSA) is 46.2 Å². The van der Waals surface area contributed by atoms with Gasteiger partial charge in [-0.1, -0.05) is 18.2 Å². The van der Waals surface area contributed by atoms with Gasteiger partial charge in [0, 0.05) is 11.1 Å². The van der Waals surface area contributed by atoms with E-state index < -0.39 is 0 Å². The van der Waals surface area contributed by atoms with E-state index in [0.29, 0.717) is 16.7 Å². The van der Waals surface area contributed by atoms with Crippen molar-refractivity contribution in [3.63, 3.8) is 0 Å². The van der Waals surface area contributed by atoms with Crippen molar-refractivity contribution in [1.29, 1.82) is 0 Å². The molecule has 0 saturated carbocycles. The quantitative estimate of drug-likeness (QED) is 0.628. The van der Waals surface area contributed by atoms with Crippen molar-refractivity contribution in [3.05, 3.63) is 57.8 Å². The van der Waals surface area contributed by atoms with Crippen molar-refractivity contribution in [3.8, 4) is 0 Å². The van der Waals surface area contributed by atoms with E-state index in [4.69, 9.17) is 0 Å². The lowest BCUT2D eigenvalue weighted by atomic mass is 9.94. The predicted molar refractivity (Wildman–Crippen MR) is 71.1 cm³/mol. The Morgan fingerprint density at radius 3 is 2.50 bits per heavy atom. The normalized spacial score (nSPS) is 16.6. The lowest BCUT2D eigenvalue weighted by Crippen LogP contribution is -2.36. The molecule has 0 radical (unpaired) electrons. The van der Waals surface area contributed by atoms with Gasteiger partial charge in [0.2, 0.25) is 0 Å². The van der Waals surface area contributed by atoms with Gasteiger partial charge in [0.15, 0.2) is 0 Å². The number of hydrogen-bond acceptors (Lipinski definition) is 3. The Balaban J connectivity index is 2.18. The fourth-order valence-electron chi connectivity index (χ4n) is 1.94. The van der Waals surface area contributed by atoms with Gasteiger partial charge in [-0.3, -0.25) is 14.9 Å². The van der Waals surface area contributed by atoms with Crippen LogP contribution in [0.5, 0.6) is 0 Å². The second-order valence-electron chi connectivity index (χ2n) is 3.94. The van der Waals surface area contributed by atoms with Gasteiger partial charge in [-0.25, -0.2) is 0 Å². The standard InChI is InChI=1S/C14H9NO2S/c16-13-11-4-2-1-3-10(11)12(14(17)15-13)7-9-5-6-18-8-9/h1-8H,(H,15,16,17)/b12-7+. The predicted octanol–water partition coefficient (Wildman–Crippen LogP) is 2.56. The highest BCUT2D eigenvalue weighted by Gasteiger charge is 2.26. The first-order valence-electron chi connectivity index (χ1n) is 5.45. The number of rotatable bonds is 1. The molecule has 1 aliphatic heterocycles. The fraction of sp³-hybridized carbons (Fsp3) is 0. The molecule has 1 aromatic carbocycles. The van der Waals surface area contributed by atoms with Crippen LogP contribution in [-0.2, 0) is 4.79 Å². The van der Waals surface area contributed by atoms with Gasteiger partial charge >= 0.3 is 0 Å². The smallest absolute Gasteiger partial charge is 0.258 e. The maximum absolute atomic E-state index is 11.9. The minimum absolute atomic E-state index is 0.335. The summed E-state index contributed by atoms with van der Waals surface area (Å²) in [6.07, 6.45) is 1.80. The molecular formula is C14H9NO2S. The van der Waals surface area contributed by atoms with E-state index in [1.165, 1.54) is 0 Å². The second-order valence-corrected chi connectivity index (χ2v) is 4.72. The van der Waals surface area contributed by atoms with Crippen molar-refractivity contribution in [2.24, 2.45) is 0 Å². The van der Waals surface area contributed by atoms with Crippen molar-refractivity contribution in [1.82, 2.24) is 5.32 Å². The zero-order chi connectivity index (χ0) is 12.5. The number of benzene rings is 1. The third-order valence-corrected chi connectivity index (χ3v) is 3.49. The highest BCUT2D eigenvalue weighted by molar-refractivity contribution is 7.08. The molecule has 0 unspecified atom stereocenters. The number of amides is 2. The molecule has 1 aromatic heterocycles. The molecule has 1 N–H and O–H groups in total. The molecule has 2 aromatic rings. The summed E-state index contributed by atoms with van der Waals surface area (Å²) in [6, 6.07) is 9.06. The van der Waals surface area contributed by atoms with Crippen LogP contribution in [0.15, 0.2) is 41.1 Å². The second kappa shape index (κ2) is 4.23. The fourth-order valence-corrected chi connectivity index (χ4v) is 2.56. The lowest BCUT2D eigenvalue weighted by Gasteiger charge is -2.17. The zero-order valence-corrected chi connectivity index (χ0v) is 10.2. The molecule has 0 saturated heterocycles. The summed E-state index contributed by atoms with van der Waals surface area (Å²) >= 11 is 1.57. The first-order valence-corrected chi connectivity index (χ1v) is 6.39. The van der Waals surface area contributed by atoms with E-state index >= 15 is 0 Å². The van der Waals surface area contributed by atoms with E-state index in [9.17, 15) is 9.59 Å². The summed E-state index contributed by atoms with van der Waals surface area (Å²) in [5.41, 5.74) is 2.73. The summed E-state index contributed by atoms with van der Waals surface area (Å²) in [5.74, 6) is -0.678. The molecule has 0 bridgehead atoms. The largest absolute Gasteiger partial charge is 0.288 e. The minimum Gasteiger partial charge on any atom is -0.288 e. The van der Waals surface area contributed by atoms with Crippen LogP contribution in [0.25, 0.3) is 11.6 Å².